The Morgan fingerprint density at radius 1 is 1.38 bits per heavy atom. The molecule has 1 aromatic carbocycles. The van der Waals surface area contributed by atoms with Crippen LogP contribution in [0.5, 0.6) is 5.75 Å². The van der Waals surface area contributed by atoms with E-state index in [1.807, 2.05) is 13.8 Å². The highest BCUT2D eigenvalue weighted by molar-refractivity contribution is 5.84. The number of benzene rings is 1. The largest absolute Gasteiger partial charge is 0.493 e. The van der Waals surface area contributed by atoms with Crippen molar-refractivity contribution >= 4 is 17.3 Å². The summed E-state index contributed by atoms with van der Waals surface area (Å²) in [5.41, 5.74) is 0.406. The Labute approximate surface area is 123 Å². The Balaban J connectivity index is 2.91. The number of non-ortho nitro benzene ring substituents is 1. The summed E-state index contributed by atoms with van der Waals surface area (Å²) < 4.78 is 5.43. The average molecular weight is 295 g/mol. The van der Waals surface area contributed by atoms with E-state index in [1.165, 1.54) is 12.1 Å². The van der Waals surface area contributed by atoms with E-state index < -0.39 is 11.0 Å². The predicted octanol–water partition coefficient (Wildman–Crippen LogP) is 2.32. The fourth-order valence-electron chi connectivity index (χ4n) is 1.72. The first kappa shape index (κ1) is 16.7. The van der Waals surface area contributed by atoms with E-state index in [0.717, 1.165) is 6.42 Å². The maximum Gasteiger partial charge on any atom is 0.275 e. The molecule has 1 unspecified atom stereocenters. The molecule has 0 fully saturated rings. The zero-order valence-corrected chi connectivity index (χ0v) is 12.5. The number of anilines is 1. The van der Waals surface area contributed by atoms with Crippen LogP contribution < -0.4 is 15.4 Å². The molecule has 1 aromatic rings. The number of carbonyl (C=O) groups is 1. The molecule has 2 N–H and O–H groups in total. The van der Waals surface area contributed by atoms with Gasteiger partial charge in [-0.1, -0.05) is 6.92 Å². The Hall–Kier alpha value is -2.31. The van der Waals surface area contributed by atoms with Gasteiger partial charge in [0.25, 0.3) is 5.69 Å². The molecule has 1 rings (SSSR count). The van der Waals surface area contributed by atoms with Gasteiger partial charge in [-0.05, 0) is 20.3 Å². The van der Waals surface area contributed by atoms with Gasteiger partial charge in [0.2, 0.25) is 5.91 Å². The van der Waals surface area contributed by atoms with Gasteiger partial charge in [-0.3, -0.25) is 14.9 Å². The number of ether oxygens (including phenoxy) is 1. The van der Waals surface area contributed by atoms with Gasteiger partial charge in [-0.15, -0.1) is 0 Å². The van der Waals surface area contributed by atoms with Gasteiger partial charge in [0.15, 0.2) is 0 Å². The number of nitrogens with zero attached hydrogens (tertiary/aromatic N) is 1. The Morgan fingerprint density at radius 3 is 2.67 bits per heavy atom. The SMILES string of the molecule is CCCOc1cc(NC(C)C(=O)NCC)cc([N+](=O)[O-])c1. The highest BCUT2D eigenvalue weighted by Crippen LogP contribution is 2.26. The summed E-state index contributed by atoms with van der Waals surface area (Å²) in [6.07, 6.45) is 0.806. The molecule has 0 spiro atoms. The lowest BCUT2D eigenvalue weighted by atomic mass is 10.2. The Morgan fingerprint density at radius 2 is 2.10 bits per heavy atom. The van der Waals surface area contributed by atoms with Crippen LogP contribution in [0.1, 0.15) is 27.2 Å². The number of nitro groups is 1. The van der Waals surface area contributed by atoms with Crippen molar-refractivity contribution in [1.29, 1.82) is 0 Å². The smallest absolute Gasteiger partial charge is 0.275 e. The molecule has 0 aliphatic rings. The molecule has 0 heterocycles. The fourth-order valence-corrected chi connectivity index (χ4v) is 1.72. The number of nitrogens with one attached hydrogen (secondary N) is 2. The third-order valence-electron chi connectivity index (χ3n) is 2.70. The first-order valence-electron chi connectivity index (χ1n) is 6.94. The second-order valence-electron chi connectivity index (χ2n) is 4.58. The third kappa shape index (κ3) is 5.29. The van der Waals surface area contributed by atoms with Crippen molar-refractivity contribution in [2.45, 2.75) is 33.2 Å². The molecule has 0 aromatic heterocycles. The molecule has 0 bridgehead atoms. The molecule has 0 aliphatic carbocycles. The molecule has 7 heteroatoms. The molecular weight excluding hydrogens is 274 g/mol. The Kier molecular flexibility index (Phi) is 6.45. The van der Waals surface area contributed by atoms with E-state index in [0.29, 0.717) is 24.6 Å². The minimum absolute atomic E-state index is 0.0748. The first-order chi connectivity index (χ1) is 9.97. The number of hydrogen-bond acceptors (Lipinski definition) is 5. The van der Waals surface area contributed by atoms with Crippen molar-refractivity contribution in [3.05, 3.63) is 28.3 Å². The van der Waals surface area contributed by atoms with Gasteiger partial charge in [0, 0.05) is 24.4 Å². The van der Waals surface area contributed by atoms with Crippen LogP contribution in [0.3, 0.4) is 0 Å². The lowest BCUT2D eigenvalue weighted by Gasteiger charge is -2.15. The van der Waals surface area contributed by atoms with Gasteiger partial charge in [-0.2, -0.15) is 0 Å². The van der Waals surface area contributed by atoms with Gasteiger partial charge in [0.1, 0.15) is 11.8 Å². The van der Waals surface area contributed by atoms with Gasteiger partial charge >= 0.3 is 0 Å². The summed E-state index contributed by atoms with van der Waals surface area (Å²) in [5.74, 6) is 0.247. The van der Waals surface area contributed by atoms with Crippen molar-refractivity contribution in [3.63, 3.8) is 0 Å². The number of rotatable bonds is 8. The summed E-state index contributed by atoms with van der Waals surface area (Å²) >= 11 is 0. The van der Waals surface area contributed by atoms with E-state index in [-0.39, 0.29) is 11.6 Å². The second-order valence-corrected chi connectivity index (χ2v) is 4.58. The monoisotopic (exact) mass is 295 g/mol. The molecule has 0 aliphatic heterocycles. The number of hydrogen-bond donors (Lipinski definition) is 2. The summed E-state index contributed by atoms with van der Waals surface area (Å²) in [5, 5.41) is 16.6. The number of likely N-dealkylation sites (N-methyl/N-ethyl adjacent to an activating group) is 1. The molecule has 21 heavy (non-hydrogen) atoms. The minimum Gasteiger partial charge on any atom is -0.493 e. The Bertz CT molecular complexity index is 505. The van der Waals surface area contributed by atoms with Crippen LogP contribution in [0.4, 0.5) is 11.4 Å². The normalized spacial score (nSPS) is 11.6. The lowest BCUT2D eigenvalue weighted by molar-refractivity contribution is -0.384. The number of nitro benzene ring substituents is 1. The molecule has 1 atom stereocenters. The van der Waals surface area contributed by atoms with Crippen molar-refractivity contribution < 1.29 is 14.5 Å². The van der Waals surface area contributed by atoms with Crippen LogP contribution in [-0.4, -0.2) is 30.0 Å². The molecule has 1 amide bonds. The summed E-state index contributed by atoms with van der Waals surface area (Å²) in [4.78, 5) is 22.1. The average Bonchev–Trinajstić information content (AvgIpc) is 2.45. The molecule has 116 valence electrons. The quantitative estimate of drug-likeness (QED) is 0.567. The van der Waals surface area contributed by atoms with E-state index in [9.17, 15) is 14.9 Å². The van der Waals surface area contributed by atoms with Crippen molar-refractivity contribution in [1.82, 2.24) is 5.32 Å². The first-order valence-corrected chi connectivity index (χ1v) is 6.94. The predicted molar refractivity (Wildman–Crippen MR) is 80.7 cm³/mol. The van der Waals surface area contributed by atoms with Crippen molar-refractivity contribution in [3.8, 4) is 5.75 Å². The lowest BCUT2D eigenvalue weighted by Crippen LogP contribution is -2.37. The maximum absolute atomic E-state index is 11.7. The molecule has 0 saturated carbocycles. The topological polar surface area (TPSA) is 93.5 Å². The van der Waals surface area contributed by atoms with Crippen LogP contribution in [-0.2, 0) is 4.79 Å². The van der Waals surface area contributed by atoms with E-state index in [4.69, 9.17) is 4.74 Å². The molecule has 0 saturated heterocycles. The maximum atomic E-state index is 11.7. The minimum atomic E-state index is -0.494. The van der Waals surface area contributed by atoms with E-state index >= 15 is 0 Å². The van der Waals surface area contributed by atoms with Gasteiger partial charge in [-0.25, -0.2) is 0 Å². The van der Waals surface area contributed by atoms with E-state index in [1.54, 1.807) is 13.0 Å². The zero-order chi connectivity index (χ0) is 15.8. The highest BCUT2D eigenvalue weighted by atomic mass is 16.6. The molecule has 0 radical (unpaired) electrons. The van der Waals surface area contributed by atoms with Crippen LogP contribution >= 0.6 is 0 Å². The van der Waals surface area contributed by atoms with Crippen LogP contribution in [0.15, 0.2) is 18.2 Å². The summed E-state index contributed by atoms with van der Waals surface area (Å²) in [7, 11) is 0. The fraction of sp³-hybridized carbons (Fsp3) is 0.500. The van der Waals surface area contributed by atoms with E-state index in [2.05, 4.69) is 10.6 Å². The second kappa shape index (κ2) is 8.08. The van der Waals surface area contributed by atoms with Crippen LogP contribution in [0.2, 0.25) is 0 Å². The van der Waals surface area contributed by atoms with Crippen LogP contribution in [0.25, 0.3) is 0 Å². The van der Waals surface area contributed by atoms with Crippen molar-refractivity contribution in [2.75, 3.05) is 18.5 Å². The number of amides is 1. The molecular formula is C14H21N3O4. The van der Waals surface area contributed by atoms with Gasteiger partial charge in [0.05, 0.1) is 17.6 Å². The van der Waals surface area contributed by atoms with Gasteiger partial charge < -0.3 is 15.4 Å². The summed E-state index contributed by atoms with van der Waals surface area (Å²) in [6, 6.07) is 3.91. The standard InChI is InChI=1S/C14H21N3O4/c1-4-6-21-13-8-11(7-12(9-13)17(19)20)16-10(3)14(18)15-5-2/h7-10,16H,4-6H2,1-3H3,(H,15,18). The summed E-state index contributed by atoms with van der Waals surface area (Å²) in [6.45, 7) is 6.48. The number of carbonyl (C=O) groups excluding carboxylic acids is 1. The zero-order valence-electron chi connectivity index (χ0n) is 12.5. The highest BCUT2D eigenvalue weighted by Gasteiger charge is 2.15. The van der Waals surface area contributed by atoms with Crippen molar-refractivity contribution in [2.24, 2.45) is 0 Å². The molecule has 7 nitrogen and oxygen atoms in total. The third-order valence-corrected chi connectivity index (χ3v) is 2.70. The van der Waals surface area contributed by atoms with Crippen LogP contribution in [0, 0.1) is 10.1 Å².